The summed E-state index contributed by atoms with van der Waals surface area (Å²) in [6.45, 7) is 3.70. The third-order valence-electron chi connectivity index (χ3n) is 16.4. The van der Waals surface area contributed by atoms with Crippen molar-refractivity contribution in [3.63, 3.8) is 0 Å². The quantitative estimate of drug-likeness (QED) is 0.0213. The van der Waals surface area contributed by atoms with E-state index in [0.29, 0.717) is 50.6 Å². The number of phenols is 1. The first-order valence-electron chi connectivity index (χ1n) is 32.1. The molecule has 1 aromatic rings. The third kappa shape index (κ3) is 27.2. The van der Waals surface area contributed by atoms with Crippen LogP contribution in [0.1, 0.15) is 116 Å². The number of phenolic OH excluding ortho intramolecular Hbond substituents is 1. The highest BCUT2D eigenvalue weighted by Crippen LogP contribution is 2.22. The van der Waals surface area contributed by atoms with Crippen molar-refractivity contribution in [1.82, 2.24) is 63.0 Å². The van der Waals surface area contributed by atoms with Gasteiger partial charge >= 0.3 is 5.97 Å². The normalized spacial score (nSPS) is 17.7. The van der Waals surface area contributed by atoms with Crippen LogP contribution >= 0.6 is 25.3 Å². The lowest BCUT2D eigenvalue weighted by molar-refractivity contribution is -0.143. The summed E-state index contributed by atoms with van der Waals surface area (Å²) in [5.41, 5.74) is 28.7. The number of carbonyl (C=O) groups excluding carboxylic acids is 14. The number of nitrogens with one attached hydrogen (secondary N) is 10. The Balaban J connectivity index is 1.69. The van der Waals surface area contributed by atoms with E-state index in [4.69, 9.17) is 28.7 Å². The summed E-state index contributed by atoms with van der Waals surface area (Å²) in [5, 5.41) is 54.2. The third-order valence-corrected chi connectivity index (χ3v) is 17.1. The van der Waals surface area contributed by atoms with Crippen LogP contribution in [0.4, 0.5) is 0 Å². The number of rotatable bonds is 43. The van der Waals surface area contributed by atoms with Gasteiger partial charge in [0, 0.05) is 37.4 Å². The summed E-state index contributed by atoms with van der Waals surface area (Å²) in [5.74, 6) is -14.9. The fourth-order valence-corrected chi connectivity index (χ4v) is 11.0. The number of aliphatic hydroxyl groups is 1. The van der Waals surface area contributed by atoms with E-state index in [1.165, 1.54) is 36.1 Å². The molecule has 2 heterocycles. The SMILES string of the molecule is CC[C@H](C)[C@H](N)C(=O)N[C@@H](CS)C(=O)N[C@@H](CCC(=O)O)C(=O)N[C@@H](CC(N)=O)C(=O)N1CCC[C@H]1C(=O)N[C@@H](C)C(=O)N[C@@H](CS)C(=O)NCC(=O)N1CCC[C@H]1C(=O)N[C@@H](CCCCN)C(=O)N[C@@H](Cc1ccc(O)cc1)C(=O)N[C@@H](CO)C(=O)N[C@@H](CCCCN)C(N)=O. The van der Waals surface area contributed by atoms with Gasteiger partial charge in [0.25, 0.3) is 0 Å². The summed E-state index contributed by atoms with van der Waals surface area (Å²) in [6.07, 6.45) is 0.892. The number of benzene rings is 1. The number of aromatic hydroxyl groups is 1. The van der Waals surface area contributed by atoms with Crippen LogP contribution in [0.25, 0.3) is 0 Å². The summed E-state index contributed by atoms with van der Waals surface area (Å²) in [4.78, 5) is 203. The molecule has 35 nitrogen and oxygen atoms in total. The Morgan fingerprint density at radius 2 is 1.03 bits per heavy atom. The molecule has 13 atom stereocenters. The van der Waals surface area contributed by atoms with Gasteiger partial charge in [0.05, 0.1) is 25.6 Å². The second-order valence-electron chi connectivity index (χ2n) is 23.8. The molecule has 0 spiro atoms. The lowest BCUT2D eigenvalue weighted by Gasteiger charge is -2.30. The molecule has 37 heteroatoms. The number of likely N-dealkylation sites (tertiary alicyclic amines) is 2. The molecule has 0 bridgehead atoms. The number of aliphatic carboxylic acids is 1. The molecule has 23 N–H and O–H groups in total. The van der Waals surface area contributed by atoms with Gasteiger partial charge in [-0.15, -0.1) is 0 Å². The van der Waals surface area contributed by atoms with Gasteiger partial charge in [0.1, 0.15) is 72.2 Å². The monoisotopic (exact) mass is 1410 g/mol. The van der Waals surface area contributed by atoms with E-state index >= 15 is 0 Å². The first kappa shape index (κ1) is 82.8. The molecular formula is C60H97N17O18S2. The Morgan fingerprint density at radius 1 is 0.567 bits per heavy atom. The number of carboxylic acids is 1. The smallest absolute Gasteiger partial charge is 0.303 e. The molecule has 0 aliphatic carbocycles. The fourth-order valence-electron chi connectivity index (χ4n) is 10.4. The maximum atomic E-state index is 14.2. The molecule has 542 valence electrons. The highest BCUT2D eigenvalue weighted by atomic mass is 32.1. The number of primary amides is 2. The average molecular weight is 1410 g/mol. The number of nitrogens with zero attached hydrogens (tertiary/aromatic N) is 2. The standard InChI is InChI=1S/C60H97N17O18S2/c1-4-31(2)48(64)59(94)75-42(30-97)56(91)69-37(19-20-47(82)83)53(88)72-39(26-45(63)80)60(95)77-24-10-14-44(77)57(92)67-32(3)50(85)74-41(29-96)51(86)66-27-46(81)76-23-9-13-43(76)58(93)70-36(12-6-8-22-62)52(87)71-38(25-33-15-17-34(79)18-16-33)54(89)73-40(28-78)55(90)68-35(49(65)84)11-5-7-21-61/h15-18,31-32,35-44,48,78-79,96-97H,4-14,19-30,61-62,64H2,1-3H3,(H2,63,80)(H2,65,84)(H,66,86)(H,67,92)(H,68,90)(H,69,91)(H,70,93)(H,71,87)(H,72,88)(H,73,89)(H,74,85)(H,75,94)(H,82,83)/t31-,32-,35-,36-,37-,38-,39-,40-,41-,42-,43-,44-,48-/m0/s1. The second-order valence-corrected chi connectivity index (χ2v) is 24.5. The van der Waals surface area contributed by atoms with Crippen molar-refractivity contribution in [2.45, 2.75) is 190 Å². The number of amides is 14. The fraction of sp³-hybridized carbons (Fsp3) is 0.650. The number of aliphatic hydroxyl groups excluding tert-OH is 1. The zero-order valence-corrected chi connectivity index (χ0v) is 56.5. The van der Waals surface area contributed by atoms with Gasteiger partial charge in [0.15, 0.2) is 0 Å². The number of nitrogens with two attached hydrogens (primary N) is 5. The molecule has 0 radical (unpaired) electrons. The molecule has 2 aliphatic rings. The minimum absolute atomic E-state index is 0.00135. The molecule has 2 fully saturated rings. The van der Waals surface area contributed by atoms with Gasteiger partial charge in [-0.05, 0) is 114 Å². The van der Waals surface area contributed by atoms with Crippen molar-refractivity contribution in [1.29, 1.82) is 0 Å². The van der Waals surface area contributed by atoms with Crippen LogP contribution in [0.5, 0.6) is 5.75 Å². The molecule has 0 saturated carbocycles. The van der Waals surface area contributed by atoms with E-state index in [1.807, 2.05) is 6.92 Å². The Bertz CT molecular complexity index is 2920. The number of carbonyl (C=O) groups is 15. The molecule has 3 rings (SSSR count). The molecule has 14 amide bonds. The van der Waals surface area contributed by atoms with Crippen molar-refractivity contribution in [3.8, 4) is 5.75 Å². The number of thiol groups is 2. The van der Waals surface area contributed by atoms with Crippen LogP contribution in [0.2, 0.25) is 0 Å². The maximum Gasteiger partial charge on any atom is 0.303 e. The van der Waals surface area contributed by atoms with Crippen LogP contribution in [0.3, 0.4) is 0 Å². The van der Waals surface area contributed by atoms with Gasteiger partial charge < -0.3 is 107 Å². The van der Waals surface area contributed by atoms with Crippen LogP contribution in [-0.4, -0.2) is 237 Å². The summed E-state index contributed by atoms with van der Waals surface area (Å²) in [7, 11) is 0. The first-order valence-corrected chi connectivity index (χ1v) is 33.4. The lowest BCUT2D eigenvalue weighted by Crippen LogP contribution is -2.60. The van der Waals surface area contributed by atoms with Crippen molar-refractivity contribution in [2.75, 3.05) is 50.8 Å². The summed E-state index contributed by atoms with van der Waals surface area (Å²) < 4.78 is 0. The van der Waals surface area contributed by atoms with Gasteiger partial charge in [-0.2, -0.15) is 25.3 Å². The Kier molecular flexibility index (Phi) is 36.1. The molecular weight excluding hydrogens is 1310 g/mol. The highest BCUT2D eigenvalue weighted by Gasteiger charge is 2.42. The van der Waals surface area contributed by atoms with Gasteiger partial charge in [-0.3, -0.25) is 71.9 Å². The largest absolute Gasteiger partial charge is 0.508 e. The number of hydrogen-bond acceptors (Lipinski definition) is 22. The minimum atomic E-state index is -1.75. The zero-order valence-electron chi connectivity index (χ0n) is 54.7. The van der Waals surface area contributed by atoms with E-state index < -0.39 is 194 Å². The number of hydrogen-bond donors (Lipinski definition) is 20. The summed E-state index contributed by atoms with van der Waals surface area (Å²) in [6, 6.07) is -10.9. The van der Waals surface area contributed by atoms with Crippen molar-refractivity contribution in [3.05, 3.63) is 29.8 Å². The highest BCUT2D eigenvalue weighted by molar-refractivity contribution is 7.80. The van der Waals surface area contributed by atoms with Crippen molar-refractivity contribution < 1.29 is 87.2 Å². The van der Waals surface area contributed by atoms with Crippen LogP contribution in [0, 0.1) is 5.92 Å². The predicted octanol–water partition coefficient (Wildman–Crippen LogP) is -6.88. The van der Waals surface area contributed by atoms with E-state index in [2.05, 4.69) is 78.4 Å². The molecule has 2 saturated heterocycles. The topological polar surface area (TPSA) is 574 Å². The average Bonchev–Trinajstić information content (AvgIpc) is 1.82. The Hall–Kier alpha value is -8.39. The Morgan fingerprint density at radius 3 is 1.58 bits per heavy atom. The van der Waals surface area contributed by atoms with Gasteiger partial charge in [-0.1, -0.05) is 32.4 Å². The van der Waals surface area contributed by atoms with E-state index in [1.54, 1.807) is 6.92 Å². The lowest BCUT2D eigenvalue weighted by atomic mass is 9.99. The first-order chi connectivity index (χ1) is 45.9. The number of unbranched alkanes of at least 4 members (excludes halogenated alkanes) is 2. The van der Waals surface area contributed by atoms with Crippen molar-refractivity contribution >= 4 is 114 Å². The van der Waals surface area contributed by atoms with E-state index in [-0.39, 0.29) is 81.3 Å². The van der Waals surface area contributed by atoms with Crippen LogP contribution in [-0.2, 0) is 78.3 Å². The van der Waals surface area contributed by atoms with Gasteiger partial charge in [0.2, 0.25) is 82.7 Å². The maximum absolute atomic E-state index is 14.2. The van der Waals surface area contributed by atoms with Crippen molar-refractivity contribution in [2.24, 2.45) is 34.6 Å². The molecule has 2 aliphatic heterocycles. The second kappa shape index (κ2) is 42.3. The zero-order chi connectivity index (χ0) is 72.6. The van der Waals surface area contributed by atoms with Crippen LogP contribution < -0.4 is 81.8 Å². The molecule has 1 aromatic carbocycles. The number of carboxylic acid groups (broad SMARTS) is 1. The van der Waals surface area contributed by atoms with E-state index in [0.717, 1.165) is 4.90 Å². The van der Waals surface area contributed by atoms with Crippen LogP contribution in [0.15, 0.2) is 24.3 Å². The predicted molar refractivity (Wildman–Crippen MR) is 355 cm³/mol. The van der Waals surface area contributed by atoms with E-state index in [9.17, 15) is 87.2 Å². The van der Waals surface area contributed by atoms with Gasteiger partial charge in [-0.25, -0.2) is 0 Å². The molecule has 97 heavy (non-hydrogen) atoms. The Labute approximate surface area is 572 Å². The molecule has 0 aromatic heterocycles. The summed E-state index contributed by atoms with van der Waals surface area (Å²) >= 11 is 8.33. The minimum Gasteiger partial charge on any atom is -0.508 e. The molecule has 0 unspecified atom stereocenters.